The summed E-state index contributed by atoms with van der Waals surface area (Å²) in [5.41, 5.74) is 0.803. The second-order valence-corrected chi connectivity index (χ2v) is 4.30. The number of halogens is 1. The van der Waals surface area contributed by atoms with E-state index in [1.54, 1.807) is 25.3 Å². The quantitative estimate of drug-likeness (QED) is 0.917. The van der Waals surface area contributed by atoms with Crippen molar-refractivity contribution in [3.63, 3.8) is 0 Å². The number of carbonyl (C=O) groups excluding carboxylic acids is 1. The molecule has 4 nitrogen and oxygen atoms in total. The average molecular weight is 261 g/mol. The molecule has 2 rings (SSSR count). The van der Waals surface area contributed by atoms with Crippen molar-refractivity contribution in [2.75, 3.05) is 0 Å². The molecule has 0 fully saturated rings. The number of nitrogens with one attached hydrogen (secondary N) is 1. The molecule has 1 heterocycles. The van der Waals surface area contributed by atoms with Crippen LogP contribution in [-0.2, 0) is 11.8 Å². The molecule has 0 unspecified atom stereocenters. The van der Waals surface area contributed by atoms with Gasteiger partial charge in [0.1, 0.15) is 17.7 Å². The molecule has 1 atom stereocenters. The van der Waals surface area contributed by atoms with Crippen molar-refractivity contribution in [1.29, 1.82) is 0 Å². The molecule has 100 valence electrons. The molecular formula is C14H16FN3O. The lowest BCUT2D eigenvalue weighted by Gasteiger charge is -2.18. The SMILES string of the molecule is CCC(=O)N[C@@H](c1ccc(F)cc1)c1nccn1C. The van der Waals surface area contributed by atoms with E-state index in [0.717, 1.165) is 5.56 Å². The van der Waals surface area contributed by atoms with E-state index in [-0.39, 0.29) is 17.8 Å². The van der Waals surface area contributed by atoms with Crippen LogP contribution >= 0.6 is 0 Å². The van der Waals surface area contributed by atoms with Gasteiger partial charge in [-0.2, -0.15) is 0 Å². The molecule has 5 heteroatoms. The van der Waals surface area contributed by atoms with Gasteiger partial charge in [0.05, 0.1) is 0 Å². The lowest BCUT2D eigenvalue weighted by molar-refractivity contribution is -0.121. The highest BCUT2D eigenvalue weighted by molar-refractivity contribution is 5.76. The Morgan fingerprint density at radius 3 is 2.63 bits per heavy atom. The molecule has 0 aliphatic carbocycles. The van der Waals surface area contributed by atoms with Gasteiger partial charge in [0.25, 0.3) is 0 Å². The highest BCUT2D eigenvalue weighted by Crippen LogP contribution is 2.20. The Labute approximate surface area is 111 Å². The largest absolute Gasteiger partial charge is 0.342 e. The number of hydrogen-bond acceptors (Lipinski definition) is 2. The first-order valence-electron chi connectivity index (χ1n) is 6.14. The summed E-state index contributed by atoms with van der Waals surface area (Å²) >= 11 is 0. The van der Waals surface area contributed by atoms with E-state index >= 15 is 0 Å². The van der Waals surface area contributed by atoms with Crippen LogP contribution in [0.15, 0.2) is 36.7 Å². The molecule has 0 saturated heterocycles. The number of aromatic nitrogens is 2. The number of carbonyl (C=O) groups is 1. The Kier molecular flexibility index (Phi) is 3.94. The topological polar surface area (TPSA) is 46.9 Å². The number of nitrogens with zero attached hydrogens (tertiary/aromatic N) is 2. The van der Waals surface area contributed by atoms with Crippen LogP contribution in [0.5, 0.6) is 0 Å². The third kappa shape index (κ3) is 2.99. The number of amides is 1. The fourth-order valence-electron chi connectivity index (χ4n) is 1.87. The zero-order valence-corrected chi connectivity index (χ0v) is 10.9. The van der Waals surface area contributed by atoms with Crippen LogP contribution in [0.4, 0.5) is 4.39 Å². The highest BCUT2D eigenvalue weighted by atomic mass is 19.1. The molecule has 1 aromatic heterocycles. The molecule has 2 aromatic rings. The zero-order valence-electron chi connectivity index (χ0n) is 10.9. The van der Waals surface area contributed by atoms with E-state index in [0.29, 0.717) is 12.2 Å². The van der Waals surface area contributed by atoms with Gasteiger partial charge in [-0.05, 0) is 17.7 Å². The Hall–Kier alpha value is -2.17. The summed E-state index contributed by atoms with van der Waals surface area (Å²) in [6.45, 7) is 1.79. The second kappa shape index (κ2) is 5.65. The van der Waals surface area contributed by atoms with Crippen LogP contribution in [0.3, 0.4) is 0 Å². The lowest BCUT2D eigenvalue weighted by atomic mass is 10.1. The van der Waals surface area contributed by atoms with Crippen molar-refractivity contribution >= 4 is 5.91 Å². The fourth-order valence-corrected chi connectivity index (χ4v) is 1.87. The minimum Gasteiger partial charge on any atom is -0.342 e. The number of hydrogen-bond donors (Lipinski definition) is 1. The molecule has 1 aromatic carbocycles. The van der Waals surface area contributed by atoms with E-state index in [9.17, 15) is 9.18 Å². The highest BCUT2D eigenvalue weighted by Gasteiger charge is 2.19. The van der Waals surface area contributed by atoms with Crippen LogP contribution in [-0.4, -0.2) is 15.5 Å². The lowest BCUT2D eigenvalue weighted by Crippen LogP contribution is -2.30. The third-order valence-electron chi connectivity index (χ3n) is 2.95. The van der Waals surface area contributed by atoms with Gasteiger partial charge in [0, 0.05) is 25.9 Å². The smallest absolute Gasteiger partial charge is 0.220 e. The molecule has 0 radical (unpaired) electrons. The number of rotatable bonds is 4. The monoisotopic (exact) mass is 261 g/mol. The second-order valence-electron chi connectivity index (χ2n) is 4.30. The Morgan fingerprint density at radius 2 is 2.11 bits per heavy atom. The van der Waals surface area contributed by atoms with Crippen LogP contribution in [0, 0.1) is 5.82 Å². The van der Waals surface area contributed by atoms with Crippen LogP contribution < -0.4 is 5.32 Å². The molecule has 0 bridgehead atoms. The summed E-state index contributed by atoms with van der Waals surface area (Å²) in [7, 11) is 1.86. The van der Waals surface area contributed by atoms with E-state index < -0.39 is 0 Å². The van der Waals surface area contributed by atoms with Crippen LogP contribution in [0.1, 0.15) is 30.8 Å². The molecule has 19 heavy (non-hydrogen) atoms. The summed E-state index contributed by atoms with van der Waals surface area (Å²) in [6.07, 6.45) is 3.87. The van der Waals surface area contributed by atoms with Gasteiger partial charge in [-0.1, -0.05) is 19.1 Å². The molecule has 0 spiro atoms. The van der Waals surface area contributed by atoms with Gasteiger partial charge in [-0.3, -0.25) is 4.79 Å². The minimum absolute atomic E-state index is 0.0719. The van der Waals surface area contributed by atoms with E-state index in [2.05, 4.69) is 10.3 Å². The Balaban J connectivity index is 2.37. The first-order valence-corrected chi connectivity index (χ1v) is 6.14. The van der Waals surface area contributed by atoms with E-state index in [1.807, 2.05) is 17.8 Å². The first-order chi connectivity index (χ1) is 9.11. The number of aryl methyl sites for hydroxylation is 1. The summed E-state index contributed by atoms with van der Waals surface area (Å²) in [5.74, 6) is 0.342. The maximum Gasteiger partial charge on any atom is 0.220 e. The number of benzene rings is 1. The predicted octanol–water partition coefficient (Wildman–Crippen LogP) is 2.17. The summed E-state index contributed by atoms with van der Waals surface area (Å²) < 4.78 is 14.8. The maximum absolute atomic E-state index is 13.0. The molecular weight excluding hydrogens is 245 g/mol. The van der Waals surface area contributed by atoms with Gasteiger partial charge in [0.2, 0.25) is 5.91 Å². The van der Waals surface area contributed by atoms with Gasteiger partial charge in [-0.15, -0.1) is 0 Å². The van der Waals surface area contributed by atoms with Gasteiger partial charge in [0.15, 0.2) is 0 Å². The molecule has 0 aliphatic rings. The van der Waals surface area contributed by atoms with Crippen molar-refractivity contribution in [2.45, 2.75) is 19.4 Å². The average Bonchev–Trinajstić information content (AvgIpc) is 2.83. The molecule has 1 amide bonds. The molecule has 0 saturated carbocycles. The standard InChI is InChI=1S/C14H16FN3O/c1-3-12(19)17-13(14-16-8-9-18(14)2)10-4-6-11(15)7-5-10/h4-9,13H,3H2,1-2H3,(H,17,19)/t13-/m0/s1. The summed E-state index contributed by atoms with van der Waals surface area (Å²) in [5, 5.41) is 2.90. The summed E-state index contributed by atoms with van der Waals surface area (Å²) in [6, 6.07) is 5.70. The third-order valence-corrected chi connectivity index (χ3v) is 2.95. The van der Waals surface area contributed by atoms with Crippen LogP contribution in [0.25, 0.3) is 0 Å². The Morgan fingerprint density at radius 1 is 1.42 bits per heavy atom. The first kappa shape index (κ1) is 13.3. The normalized spacial score (nSPS) is 12.2. The van der Waals surface area contributed by atoms with Crippen LogP contribution in [0.2, 0.25) is 0 Å². The Bertz CT molecular complexity index is 562. The zero-order chi connectivity index (χ0) is 13.8. The number of imidazole rings is 1. The van der Waals surface area contributed by atoms with Crippen molar-refractivity contribution in [3.8, 4) is 0 Å². The van der Waals surface area contributed by atoms with Gasteiger partial charge in [-0.25, -0.2) is 9.37 Å². The van der Waals surface area contributed by atoms with Crippen molar-refractivity contribution < 1.29 is 9.18 Å². The molecule has 0 aliphatic heterocycles. The predicted molar refractivity (Wildman–Crippen MR) is 69.9 cm³/mol. The summed E-state index contributed by atoms with van der Waals surface area (Å²) in [4.78, 5) is 15.9. The van der Waals surface area contributed by atoms with E-state index in [4.69, 9.17) is 0 Å². The fraction of sp³-hybridized carbons (Fsp3) is 0.286. The maximum atomic E-state index is 13.0. The van der Waals surface area contributed by atoms with Crippen molar-refractivity contribution in [2.24, 2.45) is 7.05 Å². The van der Waals surface area contributed by atoms with Gasteiger partial charge < -0.3 is 9.88 Å². The van der Waals surface area contributed by atoms with Gasteiger partial charge >= 0.3 is 0 Å². The van der Waals surface area contributed by atoms with Crippen molar-refractivity contribution in [1.82, 2.24) is 14.9 Å². The minimum atomic E-state index is -0.368. The molecule has 1 N–H and O–H groups in total. The van der Waals surface area contributed by atoms with E-state index in [1.165, 1.54) is 12.1 Å². The van der Waals surface area contributed by atoms with Crippen molar-refractivity contribution in [3.05, 3.63) is 53.9 Å².